The number of aromatic amines is 1. The summed E-state index contributed by atoms with van der Waals surface area (Å²) in [6.45, 7) is 3.12. The van der Waals surface area contributed by atoms with Gasteiger partial charge in [-0.2, -0.15) is 5.10 Å². The number of aromatic nitrogens is 2. The van der Waals surface area contributed by atoms with Gasteiger partial charge < -0.3 is 10.6 Å². The smallest absolute Gasteiger partial charge is 0.272 e. The van der Waals surface area contributed by atoms with Crippen molar-refractivity contribution < 1.29 is 4.79 Å². The standard InChI is InChI=1S/C14H17BrN4O/c1-8-11(3-2-6-16-8)17-14(20)13-10-7-9(15)4-5-12(10)18-19-13/h4-5,7-8,11,16H,2-3,6H2,1H3,(H,17,20)(H,18,19). The van der Waals surface area contributed by atoms with Crippen LogP contribution in [0.5, 0.6) is 0 Å². The quantitative estimate of drug-likeness (QED) is 0.787. The van der Waals surface area contributed by atoms with Crippen LogP contribution < -0.4 is 10.6 Å². The van der Waals surface area contributed by atoms with Crippen molar-refractivity contribution in [3.05, 3.63) is 28.4 Å². The van der Waals surface area contributed by atoms with E-state index in [1.165, 1.54) is 0 Å². The van der Waals surface area contributed by atoms with Gasteiger partial charge in [-0.25, -0.2) is 0 Å². The molecule has 1 aliphatic heterocycles. The lowest BCUT2D eigenvalue weighted by Gasteiger charge is -2.30. The zero-order valence-electron chi connectivity index (χ0n) is 11.2. The molecule has 106 valence electrons. The molecule has 3 N–H and O–H groups in total. The fourth-order valence-electron chi connectivity index (χ4n) is 2.64. The van der Waals surface area contributed by atoms with Crippen molar-refractivity contribution in [2.24, 2.45) is 0 Å². The Kier molecular flexibility index (Phi) is 3.76. The monoisotopic (exact) mass is 336 g/mol. The number of hydrogen-bond acceptors (Lipinski definition) is 3. The number of carbonyl (C=O) groups excluding carboxylic acids is 1. The molecule has 2 aromatic rings. The molecular weight excluding hydrogens is 320 g/mol. The first-order valence-corrected chi connectivity index (χ1v) is 7.62. The Morgan fingerprint density at radius 1 is 1.50 bits per heavy atom. The highest BCUT2D eigenvalue weighted by atomic mass is 79.9. The van der Waals surface area contributed by atoms with Crippen LogP contribution in [0, 0.1) is 0 Å². The molecule has 1 fully saturated rings. The van der Waals surface area contributed by atoms with Gasteiger partial charge in [-0.05, 0) is 44.5 Å². The van der Waals surface area contributed by atoms with Crippen LogP contribution in [0.4, 0.5) is 0 Å². The fourth-order valence-corrected chi connectivity index (χ4v) is 3.00. The summed E-state index contributed by atoms with van der Waals surface area (Å²) in [5, 5.41) is 14.3. The van der Waals surface area contributed by atoms with E-state index in [9.17, 15) is 4.79 Å². The predicted octanol–water partition coefficient (Wildman–Crippen LogP) is 2.20. The summed E-state index contributed by atoms with van der Waals surface area (Å²) < 4.78 is 0.938. The fraction of sp³-hybridized carbons (Fsp3) is 0.429. The minimum absolute atomic E-state index is 0.116. The van der Waals surface area contributed by atoms with Gasteiger partial charge in [0.25, 0.3) is 5.91 Å². The molecular formula is C14H17BrN4O. The number of amides is 1. The molecule has 2 unspecified atom stereocenters. The van der Waals surface area contributed by atoms with Gasteiger partial charge in [-0.3, -0.25) is 9.89 Å². The van der Waals surface area contributed by atoms with E-state index in [0.29, 0.717) is 11.7 Å². The van der Waals surface area contributed by atoms with Crippen LogP contribution in [0.15, 0.2) is 22.7 Å². The van der Waals surface area contributed by atoms with Crippen molar-refractivity contribution in [3.8, 4) is 0 Å². The molecule has 1 aliphatic rings. The number of halogens is 1. The zero-order valence-corrected chi connectivity index (χ0v) is 12.8. The number of rotatable bonds is 2. The lowest BCUT2D eigenvalue weighted by atomic mass is 9.99. The average Bonchev–Trinajstić information content (AvgIpc) is 2.84. The Morgan fingerprint density at radius 3 is 3.15 bits per heavy atom. The second kappa shape index (κ2) is 5.54. The van der Waals surface area contributed by atoms with Crippen molar-refractivity contribution in [2.75, 3.05) is 6.54 Å². The molecule has 5 nitrogen and oxygen atoms in total. The van der Waals surface area contributed by atoms with Gasteiger partial charge in [0.05, 0.1) is 5.52 Å². The largest absolute Gasteiger partial charge is 0.346 e. The third-order valence-corrected chi connectivity index (χ3v) is 4.31. The van der Waals surface area contributed by atoms with E-state index in [4.69, 9.17) is 0 Å². The number of piperidine rings is 1. The highest BCUT2D eigenvalue weighted by Gasteiger charge is 2.24. The summed E-state index contributed by atoms with van der Waals surface area (Å²) in [5.74, 6) is -0.116. The topological polar surface area (TPSA) is 69.8 Å². The molecule has 1 aromatic heterocycles. The summed E-state index contributed by atoms with van der Waals surface area (Å²) in [6, 6.07) is 6.21. The Bertz CT molecular complexity index is 639. The van der Waals surface area contributed by atoms with Gasteiger partial charge in [0, 0.05) is 21.9 Å². The van der Waals surface area contributed by atoms with Gasteiger partial charge in [0.15, 0.2) is 5.69 Å². The molecule has 2 atom stereocenters. The molecule has 0 spiro atoms. The first-order chi connectivity index (χ1) is 9.65. The van der Waals surface area contributed by atoms with Crippen LogP contribution in [-0.2, 0) is 0 Å². The minimum Gasteiger partial charge on any atom is -0.346 e. The number of H-pyrrole nitrogens is 1. The molecule has 0 radical (unpaired) electrons. The number of carbonyl (C=O) groups is 1. The van der Waals surface area contributed by atoms with Crippen LogP contribution in [0.1, 0.15) is 30.3 Å². The van der Waals surface area contributed by atoms with E-state index in [0.717, 1.165) is 34.8 Å². The van der Waals surface area contributed by atoms with Crippen molar-refractivity contribution in [2.45, 2.75) is 31.8 Å². The van der Waals surface area contributed by atoms with Crippen LogP contribution in [0.2, 0.25) is 0 Å². The SMILES string of the molecule is CC1NCCCC1NC(=O)c1n[nH]c2ccc(Br)cc12. The van der Waals surface area contributed by atoms with Crippen molar-refractivity contribution in [1.29, 1.82) is 0 Å². The highest BCUT2D eigenvalue weighted by molar-refractivity contribution is 9.10. The first-order valence-electron chi connectivity index (χ1n) is 6.83. The van der Waals surface area contributed by atoms with E-state index >= 15 is 0 Å². The van der Waals surface area contributed by atoms with E-state index in [1.54, 1.807) is 0 Å². The predicted molar refractivity (Wildman–Crippen MR) is 81.7 cm³/mol. The van der Waals surface area contributed by atoms with Gasteiger partial charge in [0.1, 0.15) is 0 Å². The third-order valence-electron chi connectivity index (χ3n) is 3.82. The third kappa shape index (κ3) is 2.58. The Morgan fingerprint density at radius 2 is 2.35 bits per heavy atom. The maximum Gasteiger partial charge on any atom is 0.272 e. The second-order valence-corrected chi connectivity index (χ2v) is 6.14. The molecule has 1 saturated heterocycles. The average molecular weight is 337 g/mol. The Balaban J connectivity index is 1.83. The Labute approximate surface area is 125 Å². The van der Waals surface area contributed by atoms with Crippen LogP contribution in [-0.4, -0.2) is 34.7 Å². The highest BCUT2D eigenvalue weighted by Crippen LogP contribution is 2.21. The molecule has 1 amide bonds. The molecule has 0 saturated carbocycles. The van der Waals surface area contributed by atoms with Crippen molar-refractivity contribution in [3.63, 3.8) is 0 Å². The zero-order chi connectivity index (χ0) is 14.1. The second-order valence-electron chi connectivity index (χ2n) is 5.23. The molecule has 2 heterocycles. The van der Waals surface area contributed by atoms with E-state index < -0.39 is 0 Å². The van der Waals surface area contributed by atoms with Gasteiger partial charge in [-0.1, -0.05) is 15.9 Å². The van der Waals surface area contributed by atoms with Gasteiger partial charge >= 0.3 is 0 Å². The number of fused-ring (bicyclic) bond motifs is 1. The first kappa shape index (κ1) is 13.6. The van der Waals surface area contributed by atoms with Crippen LogP contribution in [0.3, 0.4) is 0 Å². The van der Waals surface area contributed by atoms with Crippen LogP contribution >= 0.6 is 15.9 Å². The summed E-state index contributed by atoms with van der Waals surface area (Å²) in [4.78, 5) is 12.4. The molecule has 3 rings (SSSR count). The number of benzene rings is 1. The lowest BCUT2D eigenvalue weighted by molar-refractivity contribution is 0.0916. The number of hydrogen-bond donors (Lipinski definition) is 3. The van der Waals surface area contributed by atoms with Crippen molar-refractivity contribution in [1.82, 2.24) is 20.8 Å². The normalized spacial score (nSPS) is 22.9. The number of nitrogens with zero attached hydrogens (tertiary/aromatic N) is 1. The molecule has 20 heavy (non-hydrogen) atoms. The maximum atomic E-state index is 12.4. The van der Waals surface area contributed by atoms with E-state index in [-0.39, 0.29) is 11.9 Å². The molecule has 1 aromatic carbocycles. The summed E-state index contributed by atoms with van der Waals surface area (Å²) >= 11 is 3.43. The maximum absolute atomic E-state index is 12.4. The van der Waals surface area contributed by atoms with Crippen molar-refractivity contribution >= 4 is 32.7 Å². The van der Waals surface area contributed by atoms with E-state index in [2.05, 4.69) is 43.7 Å². The van der Waals surface area contributed by atoms with Gasteiger partial charge in [0.2, 0.25) is 0 Å². The summed E-state index contributed by atoms with van der Waals surface area (Å²) in [5.41, 5.74) is 1.33. The Hall–Kier alpha value is -1.40. The molecule has 6 heteroatoms. The molecule has 0 bridgehead atoms. The molecule has 0 aliphatic carbocycles. The summed E-state index contributed by atoms with van der Waals surface area (Å²) in [6.07, 6.45) is 2.09. The summed E-state index contributed by atoms with van der Waals surface area (Å²) in [7, 11) is 0. The lowest BCUT2D eigenvalue weighted by Crippen LogP contribution is -2.52. The van der Waals surface area contributed by atoms with E-state index in [1.807, 2.05) is 18.2 Å². The minimum atomic E-state index is -0.116. The van der Waals surface area contributed by atoms with Gasteiger partial charge in [-0.15, -0.1) is 0 Å². The van der Waals surface area contributed by atoms with Crippen LogP contribution in [0.25, 0.3) is 10.9 Å². The number of nitrogens with one attached hydrogen (secondary N) is 3.